The summed E-state index contributed by atoms with van der Waals surface area (Å²) in [5.41, 5.74) is 2.69. The Balaban J connectivity index is 0.00000361. The van der Waals surface area contributed by atoms with Crippen LogP contribution in [0.2, 0.25) is 0 Å². The molecule has 0 unspecified atom stereocenters. The van der Waals surface area contributed by atoms with E-state index in [1.807, 2.05) is 50.2 Å². The molecular formula is C29H33F2N3O2. The zero-order chi connectivity index (χ0) is 25.3. The van der Waals surface area contributed by atoms with E-state index in [4.69, 9.17) is 4.74 Å². The molecule has 1 aromatic heterocycles. The van der Waals surface area contributed by atoms with E-state index in [1.54, 1.807) is 29.9 Å². The first-order valence-electron chi connectivity index (χ1n) is 11.5. The van der Waals surface area contributed by atoms with E-state index < -0.39 is 23.7 Å². The molecule has 0 radical (unpaired) electrons. The van der Waals surface area contributed by atoms with Crippen LogP contribution in [0, 0.1) is 19.7 Å². The monoisotopic (exact) mass is 493 g/mol. The Morgan fingerprint density at radius 2 is 1.72 bits per heavy atom. The molecule has 1 N–H and O–H groups in total. The third kappa shape index (κ3) is 5.73. The molecule has 0 aliphatic carbocycles. The molecule has 36 heavy (non-hydrogen) atoms. The molecule has 190 valence electrons. The van der Waals surface area contributed by atoms with Gasteiger partial charge in [0.1, 0.15) is 17.7 Å². The first-order chi connectivity index (χ1) is 16.5. The van der Waals surface area contributed by atoms with Gasteiger partial charge in [-0.3, -0.25) is 4.79 Å². The van der Waals surface area contributed by atoms with Crippen LogP contribution >= 0.6 is 0 Å². The summed E-state index contributed by atoms with van der Waals surface area (Å²) in [6.07, 6.45) is 1.16. The first-order valence-corrected chi connectivity index (χ1v) is 11.5. The zero-order valence-corrected chi connectivity index (χ0v) is 20.5. The average Bonchev–Trinajstić information content (AvgIpc) is 3.22. The number of fused-ring (bicyclic) bond motifs is 1. The molecule has 0 spiro atoms. The van der Waals surface area contributed by atoms with Crippen molar-refractivity contribution in [2.45, 2.75) is 59.9 Å². The van der Waals surface area contributed by atoms with Crippen LogP contribution in [0.3, 0.4) is 0 Å². The predicted octanol–water partition coefficient (Wildman–Crippen LogP) is 6.79. The lowest BCUT2D eigenvalue weighted by molar-refractivity contribution is -0.132. The Bertz CT molecular complexity index is 1360. The van der Waals surface area contributed by atoms with Crippen LogP contribution in [0.25, 0.3) is 16.6 Å². The zero-order valence-electron chi connectivity index (χ0n) is 20.5. The van der Waals surface area contributed by atoms with Crippen molar-refractivity contribution in [1.29, 1.82) is 0 Å². The maximum atomic E-state index is 14.2. The van der Waals surface area contributed by atoms with Crippen LogP contribution in [-0.2, 0) is 4.79 Å². The van der Waals surface area contributed by atoms with E-state index in [1.165, 1.54) is 26.0 Å². The van der Waals surface area contributed by atoms with E-state index in [0.717, 1.165) is 33.3 Å². The molecule has 4 rings (SSSR count). The lowest BCUT2D eigenvalue weighted by atomic mass is 9.98. The van der Waals surface area contributed by atoms with Crippen molar-refractivity contribution < 1.29 is 18.3 Å². The number of nitrogens with zero attached hydrogens (tertiary/aromatic N) is 2. The molecule has 0 aliphatic heterocycles. The number of nitrogens with one attached hydrogen (secondary N) is 1. The lowest BCUT2D eigenvalue weighted by Gasteiger charge is -2.28. The second kappa shape index (κ2) is 10.5. The quantitative estimate of drug-likeness (QED) is 0.308. The van der Waals surface area contributed by atoms with Gasteiger partial charge in [0, 0.05) is 5.39 Å². The fourth-order valence-electron chi connectivity index (χ4n) is 3.87. The minimum Gasteiger partial charge on any atom is -0.484 e. The summed E-state index contributed by atoms with van der Waals surface area (Å²) in [7, 11) is 0. The Hall–Kier alpha value is -3.74. The lowest BCUT2D eigenvalue weighted by Crippen LogP contribution is -2.46. The van der Waals surface area contributed by atoms with Gasteiger partial charge in [-0.25, -0.2) is 13.5 Å². The third-order valence-electron chi connectivity index (χ3n) is 6.09. The van der Waals surface area contributed by atoms with Crippen molar-refractivity contribution >= 4 is 16.8 Å². The van der Waals surface area contributed by atoms with Crippen molar-refractivity contribution in [1.82, 2.24) is 15.1 Å². The predicted molar refractivity (Wildman–Crippen MR) is 140 cm³/mol. The molecule has 1 amide bonds. The number of carbonyl (C=O) groups is 1. The number of ether oxygens (including phenoxy) is 1. The highest BCUT2D eigenvalue weighted by molar-refractivity contribution is 5.84. The van der Waals surface area contributed by atoms with Crippen molar-refractivity contribution in [2.24, 2.45) is 0 Å². The fourth-order valence-corrected chi connectivity index (χ4v) is 3.87. The topological polar surface area (TPSA) is 56.1 Å². The largest absolute Gasteiger partial charge is 0.484 e. The van der Waals surface area contributed by atoms with Gasteiger partial charge in [0.15, 0.2) is 5.67 Å². The van der Waals surface area contributed by atoms with Crippen molar-refractivity contribution in [2.75, 3.05) is 0 Å². The second-order valence-electron chi connectivity index (χ2n) is 9.37. The summed E-state index contributed by atoms with van der Waals surface area (Å²) in [6, 6.07) is 17.2. The molecule has 0 saturated heterocycles. The Morgan fingerprint density at radius 3 is 2.36 bits per heavy atom. The van der Waals surface area contributed by atoms with Crippen LogP contribution in [0.1, 0.15) is 51.0 Å². The van der Waals surface area contributed by atoms with Gasteiger partial charge >= 0.3 is 0 Å². The van der Waals surface area contributed by atoms with Gasteiger partial charge in [-0.05, 0) is 93.8 Å². The van der Waals surface area contributed by atoms with Crippen molar-refractivity contribution in [3.05, 3.63) is 89.4 Å². The number of hydrogen-bond acceptors (Lipinski definition) is 3. The molecule has 0 bridgehead atoms. The molecule has 7 heteroatoms. The van der Waals surface area contributed by atoms with Crippen molar-refractivity contribution in [3.63, 3.8) is 0 Å². The number of rotatable bonds is 7. The van der Waals surface area contributed by atoms with Crippen molar-refractivity contribution in [3.8, 4) is 11.4 Å². The van der Waals surface area contributed by atoms with E-state index in [0.29, 0.717) is 5.75 Å². The van der Waals surface area contributed by atoms with E-state index in [-0.39, 0.29) is 13.2 Å². The average molecular weight is 494 g/mol. The molecule has 1 heterocycles. The second-order valence-corrected chi connectivity index (χ2v) is 9.37. The Morgan fingerprint density at radius 1 is 1.03 bits per heavy atom. The fraction of sp³-hybridized carbons (Fsp3) is 0.310. The Kier molecular flexibility index (Phi) is 7.82. The minimum absolute atomic E-state index is 0. The number of alkyl halides is 1. The number of aryl methyl sites for hydroxylation is 2. The minimum atomic E-state index is -2.00. The number of carbonyl (C=O) groups excluding carboxylic acids is 1. The van der Waals surface area contributed by atoms with E-state index >= 15 is 0 Å². The van der Waals surface area contributed by atoms with E-state index in [2.05, 4.69) is 10.4 Å². The smallest absolute Gasteiger partial charge is 0.257 e. The summed E-state index contributed by atoms with van der Waals surface area (Å²) in [5, 5.41) is 8.03. The van der Waals surface area contributed by atoms with Crippen LogP contribution < -0.4 is 10.1 Å². The molecule has 2 atom stereocenters. The highest BCUT2D eigenvalue weighted by Crippen LogP contribution is 2.30. The van der Waals surface area contributed by atoms with Gasteiger partial charge in [0.25, 0.3) is 5.91 Å². The van der Waals surface area contributed by atoms with Crippen LogP contribution in [0.4, 0.5) is 8.78 Å². The van der Waals surface area contributed by atoms with E-state index in [9.17, 15) is 13.6 Å². The molecule has 0 saturated carbocycles. The number of benzene rings is 3. The summed E-state index contributed by atoms with van der Waals surface area (Å²) in [6.45, 7) is 8.30. The highest BCUT2D eigenvalue weighted by atomic mass is 19.1. The maximum absolute atomic E-state index is 14.2. The number of halogens is 2. The molecular weight excluding hydrogens is 460 g/mol. The van der Waals surface area contributed by atoms with Gasteiger partial charge < -0.3 is 10.1 Å². The molecule has 3 aromatic carbocycles. The molecule has 4 aromatic rings. The first kappa shape index (κ1) is 26.9. The standard InChI is InChI=1S/C28H29F2N3O2.CH4/c1-17-6-7-20(14-18(17)2)26(19(3)32-27(34)28(4,5)30)35-24-12-13-25-21(15-24)16-31-33(25)23-10-8-22(29)9-11-23;/h6-16,19,26H,1-5H3,(H,32,34);1H4/t19-,26-;/m0./s1. The van der Waals surface area contributed by atoms with Gasteiger partial charge in [0.2, 0.25) is 0 Å². The van der Waals surface area contributed by atoms with Gasteiger partial charge in [-0.15, -0.1) is 0 Å². The molecule has 0 fully saturated rings. The van der Waals surface area contributed by atoms with Gasteiger partial charge in [-0.1, -0.05) is 25.6 Å². The number of aromatic nitrogens is 2. The normalized spacial score (nSPS) is 13.1. The Labute approximate surface area is 211 Å². The maximum Gasteiger partial charge on any atom is 0.257 e. The van der Waals surface area contributed by atoms with Crippen LogP contribution in [0.5, 0.6) is 5.75 Å². The number of amides is 1. The van der Waals surface area contributed by atoms with Gasteiger partial charge in [0.05, 0.1) is 23.4 Å². The van der Waals surface area contributed by atoms with Crippen LogP contribution in [-0.4, -0.2) is 27.4 Å². The van der Waals surface area contributed by atoms with Gasteiger partial charge in [-0.2, -0.15) is 5.10 Å². The number of hydrogen-bond donors (Lipinski definition) is 1. The SMILES string of the molecule is C.Cc1ccc([C@@H](Oc2ccc3c(cnn3-c3ccc(F)cc3)c2)[C@H](C)NC(=O)C(C)(C)F)cc1C. The summed E-state index contributed by atoms with van der Waals surface area (Å²) in [5.74, 6) is -0.422. The molecule has 0 aliphatic rings. The van der Waals surface area contributed by atoms with Crippen LogP contribution in [0.15, 0.2) is 66.9 Å². The molecule has 5 nitrogen and oxygen atoms in total. The summed E-state index contributed by atoms with van der Waals surface area (Å²) < 4.78 is 35.6. The third-order valence-corrected chi connectivity index (χ3v) is 6.09. The summed E-state index contributed by atoms with van der Waals surface area (Å²) >= 11 is 0. The summed E-state index contributed by atoms with van der Waals surface area (Å²) in [4.78, 5) is 12.3. The highest BCUT2D eigenvalue weighted by Gasteiger charge is 2.31.